The molecule has 1 rings (SSSR count). The number of aliphatic carboxylic acids is 2. The van der Waals surface area contributed by atoms with Gasteiger partial charge in [-0.1, -0.05) is 0 Å². The van der Waals surface area contributed by atoms with Crippen LogP contribution in [0.25, 0.3) is 0 Å². The van der Waals surface area contributed by atoms with E-state index >= 15 is 0 Å². The van der Waals surface area contributed by atoms with Crippen LogP contribution in [0, 0.1) is 0 Å². The van der Waals surface area contributed by atoms with Crippen molar-refractivity contribution in [1.82, 2.24) is 4.98 Å². The summed E-state index contributed by atoms with van der Waals surface area (Å²) in [5, 5.41) is 28.2. The van der Waals surface area contributed by atoms with E-state index in [1.807, 2.05) is 0 Å². The van der Waals surface area contributed by atoms with Crippen molar-refractivity contribution in [2.24, 2.45) is 0 Å². The SMILES string of the molecule is O=C(O)CC[C@H](Nc1nc(C(=O)O)co1)C(=O)O. The van der Waals surface area contributed by atoms with E-state index in [1.165, 1.54) is 0 Å². The molecule has 4 N–H and O–H groups in total. The second-order valence-electron chi connectivity index (χ2n) is 3.31. The number of nitrogens with zero attached hydrogens (tertiary/aromatic N) is 1. The molecule has 0 fully saturated rings. The average Bonchev–Trinajstić information content (AvgIpc) is 2.71. The maximum absolute atomic E-state index is 10.8. The molecule has 18 heavy (non-hydrogen) atoms. The van der Waals surface area contributed by atoms with Gasteiger partial charge in [-0.05, 0) is 6.42 Å². The van der Waals surface area contributed by atoms with Gasteiger partial charge >= 0.3 is 17.9 Å². The summed E-state index contributed by atoms with van der Waals surface area (Å²) in [5.74, 6) is -3.74. The lowest BCUT2D eigenvalue weighted by Crippen LogP contribution is -2.30. The van der Waals surface area contributed by atoms with Crippen molar-refractivity contribution in [1.29, 1.82) is 0 Å². The average molecular weight is 258 g/mol. The third kappa shape index (κ3) is 3.77. The van der Waals surface area contributed by atoms with Gasteiger partial charge in [0.05, 0.1) is 0 Å². The largest absolute Gasteiger partial charge is 0.481 e. The summed E-state index contributed by atoms with van der Waals surface area (Å²) >= 11 is 0. The van der Waals surface area contributed by atoms with Crippen LogP contribution < -0.4 is 5.32 Å². The van der Waals surface area contributed by atoms with Gasteiger partial charge in [-0.25, -0.2) is 9.59 Å². The molecule has 9 heteroatoms. The van der Waals surface area contributed by atoms with Crippen molar-refractivity contribution >= 4 is 23.9 Å². The quantitative estimate of drug-likeness (QED) is 0.533. The molecular formula is C9H10N2O7. The van der Waals surface area contributed by atoms with Crippen LogP contribution in [-0.2, 0) is 9.59 Å². The molecule has 0 unspecified atom stereocenters. The van der Waals surface area contributed by atoms with E-state index in [1.54, 1.807) is 0 Å². The molecule has 0 aliphatic carbocycles. The van der Waals surface area contributed by atoms with Crippen molar-refractivity contribution in [3.05, 3.63) is 12.0 Å². The Morgan fingerprint density at radius 1 is 1.33 bits per heavy atom. The molecule has 1 heterocycles. The molecule has 0 radical (unpaired) electrons. The Balaban J connectivity index is 2.67. The molecule has 1 aromatic heterocycles. The monoisotopic (exact) mass is 258 g/mol. The molecule has 0 aromatic carbocycles. The zero-order chi connectivity index (χ0) is 13.7. The first-order chi connectivity index (χ1) is 8.40. The Labute approximate surface area is 100 Å². The first-order valence-electron chi connectivity index (χ1n) is 4.80. The number of hydrogen-bond acceptors (Lipinski definition) is 6. The number of hydrogen-bond donors (Lipinski definition) is 4. The molecule has 1 atom stereocenters. The van der Waals surface area contributed by atoms with Gasteiger partial charge in [0.15, 0.2) is 5.69 Å². The lowest BCUT2D eigenvalue weighted by Gasteiger charge is -2.10. The second kappa shape index (κ2) is 5.66. The summed E-state index contributed by atoms with van der Waals surface area (Å²) in [4.78, 5) is 35.1. The van der Waals surface area contributed by atoms with Gasteiger partial charge < -0.3 is 25.1 Å². The number of oxazole rings is 1. The Hall–Kier alpha value is -2.58. The molecule has 0 aliphatic heterocycles. The van der Waals surface area contributed by atoms with E-state index < -0.39 is 23.9 Å². The number of carboxylic acids is 3. The Bertz CT molecular complexity index is 467. The normalized spacial score (nSPS) is 11.8. The molecule has 0 saturated carbocycles. The van der Waals surface area contributed by atoms with Crippen LogP contribution in [-0.4, -0.2) is 44.3 Å². The Morgan fingerprint density at radius 3 is 2.44 bits per heavy atom. The first-order valence-corrected chi connectivity index (χ1v) is 4.80. The first kappa shape index (κ1) is 13.5. The maximum Gasteiger partial charge on any atom is 0.357 e. The highest BCUT2D eigenvalue weighted by molar-refractivity contribution is 5.85. The molecule has 0 bridgehead atoms. The minimum atomic E-state index is -1.32. The Kier molecular flexibility index (Phi) is 4.24. The van der Waals surface area contributed by atoms with Crippen molar-refractivity contribution in [2.45, 2.75) is 18.9 Å². The predicted molar refractivity (Wildman–Crippen MR) is 55.4 cm³/mol. The fraction of sp³-hybridized carbons (Fsp3) is 0.333. The van der Waals surface area contributed by atoms with Gasteiger partial charge in [-0.3, -0.25) is 4.79 Å². The van der Waals surface area contributed by atoms with Gasteiger partial charge in [0.1, 0.15) is 12.3 Å². The van der Waals surface area contributed by atoms with Crippen LogP contribution in [0.1, 0.15) is 23.3 Å². The third-order valence-electron chi connectivity index (χ3n) is 1.97. The van der Waals surface area contributed by atoms with Crippen LogP contribution in [0.5, 0.6) is 0 Å². The van der Waals surface area contributed by atoms with Gasteiger partial charge in [-0.2, -0.15) is 4.98 Å². The minimum Gasteiger partial charge on any atom is -0.481 e. The van der Waals surface area contributed by atoms with Crippen molar-refractivity contribution in [3.8, 4) is 0 Å². The summed E-state index contributed by atoms with van der Waals surface area (Å²) in [6, 6.07) is -1.51. The van der Waals surface area contributed by atoms with Crippen LogP contribution in [0.15, 0.2) is 10.7 Å². The zero-order valence-corrected chi connectivity index (χ0v) is 8.99. The molecule has 0 spiro atoms. The van der Waals surface area contributed by atoms with Crippen molar-refractivity contribution in [3.63, 3.8) is 0 Å². The summed E-state index contributed by atoms with van der Waals surface area (Å²) < 4.78 is 4.70. The number of nitrogens with one attached hydrogen (secondary N) is 1. The van der Waals surface area contributed by atoms with Gasteiger partial charge in [0.25, 0.3) is 6.01 Å². The predicted octanol–water partition coefficient (Wildman–Crippen LogP) is 0.103. The molecule has 9 nitrogen and oxygen atoms in total. The zero-order valence-electron chi connectivity index (χ0n) is 8.99. The number of aromatic carboxylic acids is 1. The minimum absolute atomic E-state index is 0.185. The molecule has 98 valence electrons. The van der Waals surface area contributed by atoms with Crippen LogP contribution >= 0.6 is 0 Å². The van der Waals surface area contributed by atoms with Crippen LogP contribution in [0.4, 0.5) is 6.01 Å². The maximum atomic E-state index is 10.8. The fourth-order valence-electron chi connectivity index (χ4n) is 1.11. The van der Waals surface area contributed by atoms with Crippen LogP contribution in [0.3, 0.4) is 0 Å². The lowest BCUT2D eigenvalue weighted by atomic mass is 10.1. The number of anilines is 1. The second-order valence-corrected chi connectivity index (χ2v) is 3.31. The lowest BCUT2D eigenvalue weighted by molar-refractivity contribution is -0.139. The Morgan fingerprint density at radius 2 is 2.00 bits per heavy atom. The molecule has 1 aromatic rings. The molecule has 0 amide bonds. The van der Waals surface area contributed by atoms with E-state index in [0.29, 0.717) is 0 Å². The van der Waals surface area contributed by atoms with Crippen LogP contribution in [0.2, 0.25) is 0 Å². The fourth-order valence-corrected chi connectivity index (χ4v) is 1.11. The smallest absolute Gasteiger partial charge is 0.357 e. The molecular weight excluding hydrogens is 248 g/mol. The standard InChI is InChI=1S/C9H10N2O7/c12-6(13)2-1-4(7(14)15)10-9-11-5(3-18-9)8(16)17/h3-4H,1-2H2,(H,10,11)(H,12,13)(H,14,15)(H,16,17)/t4-/m0/s1. The summed E-state index contributed by atoms with van der Waals surface area (Å²) in [7, 11) is 0. The van der Waals surface area contributed by atoms with Gasteiger partial charge in [0, 0.05) is 6.42 Å². The summed E-state index contributed by atoms with van der Waals surface area (Å²) in [6.45, 7) is 0. The van der Waals surface area contributed by atoms with E-state index in [0.717, 1.165) is 6.26 Å². The van der Waals surface area contributed by atoms with Gasteiger partial charge in [0.2, 0.25) is 0 Å². The van der Waals surface area contributed by atoms with E-state index in [-0.39, 0.29) is 24.6 Å². The van der Waals surface area contributed by atoms with E-state index in [4.69, 9.17) is 19.7 Å². The number of carboxylic acid groups (broad SMARTS) is 3. The number of carbonyl (C=O) groups is 3. The highest BCUT2D eigenvalue weighted by atomic mass is 16.4. The third-order valence-corrected chi connectivity index (χ3v) is 1.97. The molecule has 0 aliphatic rings. The van der Waals surface area contributed by atoms with Gasteiger partial charge in [-0.15, -0.1) is 0 Å². The topological polar surface area (TPSA) is 150 Å². The van der Waals surface area contributed by atoms with E-state index in [2.05, 4.69) is 10.3 Å². The van der Waals surface area contributed by atoms with Crippen molar-refractivity contribution < 1.29 is 34.1 Å². The number of rotatable bonds is 7. The highest BCUT2D eigenvalue weighted by Gasteiger charge is 2.21. The molecule has 0 saturated heterocycles. The highest BCUT2D eigenvalue weighted by Crippen LogP contribution is 2.11. The number of aromatic nitrogens is 1. The van der Waals surface area contributed by atoms with E-state index in [9.17, 15) is 14.4 Å². The van der Waals surface area contributed by atoms with Crippen molar-refractivity contribution in [2.75, 3.05) is 5.32 Å². The summed E-state index contributed by atoms with van der Waals surface area (Å²) in [5.41, 5.74) is -0.375. The summed E-state index contributed by atoms with van der Waals surface area (Å²) in [6.07, 6.45) is 0.312.